The third-order valence-corrected chi connectivity index (χ3v) is 4.75. The molecule has 0 spiro atoms. The van der Waals surface area contributed by atoms with Crippen LogP contribution in [0.2, 0.25) is 0 Å². The zero-order valence-electron chi connectivity index (χ0n) is 14.7. The highest BCUT2D eigenvalue weighted by atomic mass is 16.1. The summed E-state index contributed by atoms with van der Waals surface area (Å²) >= 11 is 0. The Hall–Kier alpha value is -2.82. The van der Waals surface area contributed by atoms with Crippen LogP contribution in [0, 0.1) is 20.8 Å². The van der Waals surface area contributed by atoms with Gasteiger partial charge >= 0.3 is 0 Å². The molecule has 0 saturated heterocycles. The van der Waals surface area contributed by atoms with E-state index in [1.807, 2.05) is 19.9 Å². The first-order valence-corrected chi connectivity index (χ1v) is 8.50. The molecule has 5 heteroatoms. The van der Waals surface area contributed by atoms with Gasteiger partial charge in [0.25, 0.3) is 5.95 Å². The van der Waals surface area contributed by atoms with Crippen LogP contribution in [0.25, 0.3) is 5.95 Å². The monoisotopic (exact) mass is 332 g/mol. The Morgan fingerprint density at radius 3 is 2.36 bits per heavy atom. The van der Waals surface area contributed by atoms with Crippen LogP contribution in [0.3, 0.4) is 0 Å². The molecule has 0 N–H and O–H groups in total. The summed E-state index contributed by atoms with van der Waals surface area (Å²) in [6, 6.07) is 10.4. The first kappa shape index (κ1) is 15.7. The lowest BCUT2D eigenvalue weighted by molar-refractivity contribution is 0.0963. The maximum absolute atomic E-state index is 12.6. The molecule has 0 unspecified atom stereocenters. The maximum Gasteiger partial charge on any atom is 0.251 e. The standard InChI is InChI=1S/C20H20N4O/c1-12-4-6-15(7-5-12)16-9-18-17(19(25)10-16)11-21-24(18)20-22-13(2)8-14(3)23-20/h4-8,11,16H,9-10H2,1-3H3/t16-/m0/s1. The number of ketones is 1. The number of carbonyl (C=O) groups excluding carboxylic acids is 1. The molecule has 0 fully saturated rings. The Kier molecular flexibility index (Phi) is 3.71. The van der Waals surface area contributed by atoms with Crippen molar-refractivity contribution in [1.82, 2.24) is 19.7 Å². The van der Waals surface area contributed by atoms with Gasteiger partial charge in [-0.05, 0) is 44.7 Å². The molecule has 0 radical (unpaired) electrons. The van der Waals surface area contributed by atoms with Crippen LogP contribution < -0.4 is 0 Å². The van der Waals surface area contributed by atoms with Crippen LogP contribution in [0.15, 0.2) is 36.5 Å². The summed E-state index contributed by atoms with van der Waals surface area (Å²) in [5, 5.41) is 4.41. The summed E-state index contributed by atoms with van der Waals surface area (Å²) in [5.41, 5.74) is 5.81. The van der Waals surface area contributed by atoms with Crippen molar-refractivity contribution in [3.05, 3.63) is 70.3 Å². The molecular formula is C20H20N4O. The third kappa shape index (κ3) is 2.86. The van der Waals surface area contributed by atoms with E-state index in [-0.39, 0.29) is 11.7 Å². The van der Waals surface area contributed by atoms with Gasteiger partial charge in [-0.25, -0.2) is 14.6 Å². The Labute approximate surface area is 146 Å². The second kappa shape index (κ2) is 5.92. The van der Waals surface area contributed by atoms with E-state index in [9.17, 15) is 4.79 Å². The number of hydrogen-bond donors (Lipinski definition) is 0. The molecule has 1 aliphatic rings. The first-order valence-electron chi connectivity index (χ1n) is 8.50. The van der Waals surface area contributed by atoms with Crippen molar-refractivity contribution >= 4 is 5.78 Å². The SMILES string of the molecule is Cc1ccc([C@@H]2CC(=O)c3cnn(-c4nc(C)cc(C)n4)c3C2)cc1. The summed E-state index contributed by atoms with van der Waals surface area (Å²) in [4.78, 5) is 21.6. The molecule has 5 nitrogen and oxygen atoms in total. The van der Waals surface area contributed by atoms with Crippen molar-refractivity contribution < 1.29 is 4.79 Å². The van der Waals surface area contributed by atoms with Gasteiger partial charge in [0.05, 0.1) is 17.5 Å². The number of rotatable bonds is 2. The Balaban J connectivity index is 1.76. The smallest absolute Gasteiger partial charge is 0.251 e. The number of aryl methyl sites for hydroxylation is 3. The lowest BCUT2D eigenvalue weighted by Gasteiger charge is -2.22. The molecule has 1 atom stereocenters. The van der Waals surface area contributed by atoms with Gasteiger partial charge in [-0.15, -0.1) is 0 Å². The van der Waals surface area contributed by atoms with Crippen molar-refractivity contribution in [2.24, 2.45) is 0 Å². The van der Waals surface area contributed by atoms with Crippen LogP contribution in [0.5, 0.6) is 0 Å². The van der Waals surface area contributed by atoms with Crippen molar-refractivity contribution in [2.75, 3.05) is 0 Å². The molecule has 25 heavy (non-hydrogen) atoms. The summed E-state index contributed by atoms with van der Waals surface area (Å²) in [6.07, 6.45) is 2.94. The summed E-state index contributed by atoms with van der Waals surface area (Å²) < 4.78 is 1.73. The van der Waals surface area contributed by atoms with E-state index < -0.39 is 0 Å². The molecule has 0 amide bonds. The highest BCUT2D eigenvalue weighted by Gasteiger charge is 2.30. The maximum atomic E-state index is 12.6. The highest BCUT2D eigenvalue weighted by Crippen LogP contribution is 2.33. The first-order chi connectivity index (χ1) is 12.0. The van der Waals surface area contributed by atoms with Crippen molar-refractivity contribution in [1.29, 1.82) is 0 Å². The molecule has 0 saturated carbocycles. The quantitative estimate of drug-likeness (QED) is 0.720. The molecule has 0 aliphatic heterocycles. The van der Waals surface area contributed by atoms with E-state index in [0.29, 0.717) is 17.9 Å². The van der Waals surface area contributed by atoms with Gasteiger partial charge in [0, 0.05) is 17.8 Å². The van der Waals surface area contributed by atoms with Gasteiger partial charge in [-0.1, -0.05) is 29.8 Å². The highest BCUT2D eigenvalue weighted by molar-refractivity contribution is 5.98. The van der Waals surface area contributed by atoms with E-state index in [4.69, 9.17) is 0 Å². The third-order valence-electron chi connectivity index (χ3n) is 4.75. The van der Waals surface area contributed by atoms with Gasteiger partial charge in [-0.2, -0.15) is 5.10 Å². The number of aromatic nitrogens is 4. The lowest BCUT2D eigenvalue weighted by Crippen LogP contribution is -2.21. The largest absolute Gasteiger partial charge is 0.294 e. The van der Waals surface area contributed by atoms with Gasteiger partial charge in [0.15, 0.2) is 5.78 Å². The minimum atomic E-state index is 0.141. The van der Waals surface area contributed by atoms with Crippen LogP contribution in [0.1, 0.15) is 50.9 Å². The Bertz CT molecular complexity index is 936. The van der Waals surface area contributed by atoms with E-state index in [1.165, 1.54) is 11.1 Å². The molecule has 4 rings (SSSR count). The zero-order chi connectivity index (χ0) is 17.6. The molecule has 126 valence electrons. The average Bonchev–Trinajstić information content (AvgIpc) is 2.99. The van der Waals surface area contributed by atoms with Crippen LogP contribution in [0.4, 0.5) is 0 Å². The van der Waals surface area contributed by atoms with Gasteiger partial charge in [0.1, 0.15) is 0 Å². The van der Waals surface area contributed by atoms with Gasteiger partial charge < -0.3 is 0 Å². The molecule has 1 aliphatic carbocycles. The predicted octanol–water partition coefficient (Wildman–Crippen LogP) is 3.50. The molecular weight excluding hydrogens is 312 g/mol. The fraction of sp³-hybridized carbons (Fsp3) is 0.300. The van der Waals surface area contributed by atoms with Crippen molar-refractivity contribution in [2.45, 2.75) is 39.5 Å². The average molecular weight is 332 g/mol. The fourth-order valence-corrected chi connectivity index (χ4v) is 3.49. The minimum absolute atomic E-state index is 0.141. The van der Waals surface area contributed by atoms with Crippen molar-refractivity contribution in [3.8, 4) is 5.95 Å². The van der Waals surface area contributed by atoms with E-state index in [0.717, 1.165) is 23.5 Å². The predicted molar refractivity (Wildman–Crippen MR) is 95.2 cm³/mol. The van der Waals surface area contributed by atoms with Crippen LogP contribution >= 0.6 is 0 Å². The molecule has 3 aromatic rings. The number of hydrogen-bond acceptors (Lipinski definition) is 4. The number of carbonyl (C=O) groups is 1. The summed E-state index contributed by atoms with van der Waals surface area (Å²) in [5.74, 6) is 0.848. The zero-order valence-corrected chi connectivity index (χ0v) is 14.7. The van der Waals surface area contributed by atoms with E-state index >= 15 is 0 Å². The fourth-order valence-electron chi connectivity index (χ4n) is 3.49. The number of fused-ring (bicyclic) bond motifs is 1. The lowest BCUT2D eigenvalue weighted by atomic mass is 9.82. The van der Waals surface area contributed by atoms with E-state index in [2.05, 4.69) is 46.3 Å². The molecule has 2 heterocycles. The normalized spacial score (nSPS) is 16.8. The Morgan fingerprint density at radius 1 is 1.00 bits per heavy atom. The molecule has 2 aromatic heterocycles. The Morgan fingerprint density at radius 2 is 1.68 bits per heavy atom. The van der Waals surface area contributed by atoms with E-state index in [1.54, 1.807) is 10.9 Å². The second-order valence-electron chi connectivity index (χ2n) is 6.81. The molecule has 1 aromatic carbocycles. The van der Waals surface area contributed by atoms with Crippen LogP contribution in [-0.4, -0.2) is 25.5 Å². The van der Waals surface area contributed by atoms with Gasteiger partial charge in [0.2, 0.25) is 0 Å². The minimum Gasteiger partial charge on any atom is -0.294 e. The summed E-state index contributed by atoms with van der Waals surface area (Å²) in [6.45, 7) is 5.95. The number of Topliss-reactive ketones (excluding diaryl/α,β-unsaturated/α-hetero) is 1. The second-order valence-corrected chi connectivity index (χ2v) is 6.81. The number of benzene rings is 1. The van der Waals surface area contributed by atoms with Crippen molar-refractivity contribution in [3.63, 3.8) is 0 Å². The summed E-state index contributed by atoms with van der Waals surface area (Å²) in [7, 11) is 0. The molecule has 0 bridgehead atoms. The number of nitrogens with zero attached hydrogens (tertiary/aromatic N) is 4. The topological polar surface area (TPSA) is 60.7 Å². The van der Waals surface area contributed by atoms with Gasteiger partial charge in [-0.3, -0.25) is 4.79 Å². The van der Waals surface area contributed by atoms with Crippen LogP contribution in [-0.2, 0) is 6.42 Å².